The second-order valence-corrected chi connectivity index (χ2v) is 2.82. The zero-order valence-corrected chi connectivity index (χ0v) is 7.61. The molecule has 0 saturated heterocycles. The Labute approximate surface area is 71.1 Å². The molecule has 0 aromatic rings. The van der Waals surface area contributed by atoms with E-state index in [-0.39, 0.29) is 11.3 Å². The van der Waals surface area contributed by atoms with Crippen LogP contribution in [-0.4, -0.2) is 15.9 Å². The highest BCUT2D eigenvalue weighted by Crippen LogP contribution is 2.03. The summed E-state index contributed by atoms with van der Waals surface area (Å²) >= 11 is 10.5. The standard InChI is InChI=1S/C3H6Cl2.C3H6O2/c2*1-2-3(4)5/h3H,2H2,1H3;2H2,1H3,(H,4,5). The summed E-state index contributed by atoms with van der Waals surface area (Å²) < 4.78 is 0. The largest absolute Gasteiger partial charge is 0.481 e. The van der Waals surface area contributed by atoms with Crippen molar-refractivity contribution >= 4 is 29.2 Å². The topological polar surface area (TPSA) is 37.3 Å². The van der Waals surface area contributed by atoms with Crippen molar-refractivity contribution in [2.24, 2.45) is 0 Å². The molecule has 10 heavy (non-hydrogen) atoms. The fraction of sp³-hybridized carbons (Fsp3) is 0.833. The van der Waals surface area contributed by atoms with E-state index in [1.165, 1.54) is 0 Å². The maximum atomic E-state index is 9.37. The van der Waals surface area contributed by atoms with E-state index in [1.807, 2.05) is 6.92 Å². The van der Waals surface area contributed by atoms with Gasteiger partial charge in [-0.15, -0.1) is 23.2 Å². The molecule has 0 amide bonds. The lowest BCUT2D eigenvalue weighted by Gasteiger charge is -1.84. The minimum atomic E-state index is -0.745. The molecule has 0 aliphatic heterocycles. The van der Waals surface area contributed by atoms with Crippen molar-refractivity contribution in [3.05, 3.63) is 0 Å². The highest BCUT2D eigenvalue weighted by molar-refractivity contribution is 6.44. The molecule has 0 heterocycles. The van der Waals surface area contributed by atoms with Gasteiger partial charge in [-0.3, -0.25) is 4.79 Å². The average molecular weight is 187 g/mol. The van der Waals surface area contributed by atoms with Gasteiger partial charge in [0, 0.05) is 6.42 Å². The number of halogens is 2. The van der Waals surface area contributed by atoms with E-state index in [0.29, 0.717) is 0 Å². The van der Waals surface area contributed by atoms with Crippen molar-refractivity contribution in [1.29, 1.82) is 0 Å². The van der Waals surface area contributed by atoms with E-state index in [9.17, 15) is 4.79 Å². The number of rotatable bonds is 2. The molecule has 0 fully saturated rings. The Morgan fingerprint density at radius 2 is 1.70 bits per heavy atom. The van der Waals surface area contributed by atoms with Crippen LogP contribution in [0.5, 0.6) is 0 Å². The van der Waals surface area contributed by atoms with E-state index in [0.717, 1.165) is 6.42 Å². The molecule has 4 heteroatoms. The summed E-state index contributed by atoms with van der Waals surface area (Å²) in [7, 11) is 0. The molecular formula is C6H12Cl2O2. The van der Waals surface area contributed by atoms with E-state index in [2.05, 4.69) is 0 Å². The van der Waals surface area contributed by atoms with E-state index < -0.39 is 5.97 Å². The third-order valence-corrected chi connectivity index (χ3v) is 1.23. The Balaban J connectivity index is 0. The third kappa shape index (κ3) is 24.4. The Bertz CT molecular complexity index is 83.8. The normalized spacial score (nSPS) is 8.50. The lowest BCUT2D eigenvalue weighted by atomic mass is 10.5. The number of carboxylic acids is 1. The lowest BCUT2D eigenvalue weighted by Crippen LogP contribution is -1.86. The summed E-state index contributed by atoms with van der Waals surface area (Å²) in [6.07, 6.45) is 1.06. The zero-order valence-electron chi connectivity index (χ0n) is 6.10. The van der Waals surface area contributed by atoms with Crippen molar-refractivity contribution < 1.29 is 9.90 Å². The molecule has 62 valence electrons. The summed E-state index contributed by atoms with van der Waals surface area (Å²) in [5.74, 6) is -0.745. The molecule has 2 nitrogen and oxygen atoms in total. The van der Waals surface area contributed by atoms with E-state index in [1.54, 1.807) is 6.92 Å². The molecule has 0 spiro atoms. The SMILES string of the molecule is CCC(=O)O.CCC(Cl)Cl. The van der Waals surface area contributed by atoms with Gasteiger partial charge in [-0.2, -0.15) is 0 Å². The first-order valence-electron chi connectivity index (χ1n) is 3.04. The average Bonchev–Trinajstić information content (AvgIpc) is 1.89. The first-order valence-corrected chi connectivity index (χ1v) is 3.91. The Kier molecular flexibility index (Phi) is 11.5. The van der Waals surface area contributed by atoms with Gasteiger partial charge < -0.3 is 5.11 Å². The van der Waals surface area contributed by atoms with Gasteiger partial charge in [0.25, 0.3) is 0 Å². The third-order valence-electron chi connectivity index (χ3n) is 0.611. The van der Waals surface area contributed by atoms with Crippen molar-refractivity contribution in [3.63, 3.8) is 0 Å². The number of carboxylic acid groups (broad SMARTS) is 1. The molecular weight excluding hydrogens is 175 g/mol. The number of carbonyl (C=O) groups is 1. The van der Waals surface area contributed by atoms with Crippen molar-refractivity contribution in [3.8, 4) is 0 Å². The molecule has 0 aliphatic carbocycles. The number of hydrogen-bond acceptors (Lipinski definition) is 1. The van der Waals surface area contributed by atoms with Gasteiger partial charge in [0.05, 0.1) is 0 Å². The fourth-order valence-corrected chi connectivity index (χ4v) is 0. The van der Waals surface area contributed by atoms with Gasteiger partial charge in [-0.25, -0.2) is 0 Å². The van der Waals surface area contributed by atoms with Gasteiger partial charge in [0.15, 0.2) is 0 Å². The lowest BCUT2D eigenvalue weighted by molar-refractivity contribution is -0.136. The molecule has 0 saturated carbocycles. The van der Waals surface area contributed by atoms with E-state index >= 15 is 0 Å². The Hall–Kier alpha value is 0.0500. The first-order chi connectivity index (χ1) is 4.54. The molecule has 0 bridgehead atoms. The molecule has 0 aromatic carbocycles. The van der Waals surface area contributed by atoms with Gasteiger partial charge in [0.2, 0.25) is 0 Å². The molecule has 0 aromatic heterocycles. The summed E-state index contributed by atoms with van der Waals surface area (Å²) in [6.45, 7) is 3.53. The van der Waals surface area contributed by atoms with Crippen LogP contribution in [-0.2, 0) is 4.79 Å². The Morgan fingerprint density at radius 3 is 1.70 bits per heavy atom. The fourth-order valence-electron chi connectivity index (χ4n) is 0. The molecule has 1 N–H and O–H groups in total. The van der Waals surface area contributed by atoms with Crippen LogP contribution >= 0.6 is 23.2 Å². The number of hydrogen-bond donors (Lipinski definition) is 1. The molecule has 0 aliphatic rings. The predicted octanol–water partition coefficient (Wildman–Crippen LogP) is 2.68. The Morgan fingerprint density at radius 1 is 1.50 bits per heavy atom. The van der Waals surface area contributed by atoms with Crippen molar-refractivity contribution in [2.75, 3.05) is 0 Å². The van der Waals surface area contributed by atoms with Crippen molar-refractivity contribution in [1.82, 2.24) is 0 Å². The van der Waals surface area contributed by atoms with E-state index in [4.69, 9.17) is 28.3 Å². The predicted molar refractivity (Wildman–Crippen MR) is 43.7 cm³/mol. The second kappa shape index (κ2) is 9.05. The van der Waals surface area contributed by atoms with Crippen LogP contribution < -0.4 is 0 Å². The monoisotopic (exact) mass is 186 g/mol. The number of alkyl halides is 2. The van der Waals surface area contributed by atoms with Crippen LogP contribution in [0, 0.1) is 0 Å². The summed E-state index contributed by atoms with van der Waals surface area (Å²) in [6, 6.07) is 0. The number of aliphatic carboxylic acids is 1. The molecule has 0 unspecified atom stereocenters. The minimum Gasteiger partial charge on any atom is -0.481 e. The van der Waals surface area contributed by atoms with Gasteiger partial charge in [0.1, 0.15) is 4.84 Å². The maximum absolute atomic E-state index is 9.37. The highest BCUT2D eigenvalue weighted by Gasteiger charge is 1.86. The van der Waals surface area contributed by atoms with Gasteiger partial charge in [-0.1, -0.05) is 13.8 Å². The van der Waals surface area contributed by atoms with Crippen LogP contribution in [0.3, 0.4) is 0 Å². The first kappa shape index (κ1) is 12.7. The van der Waals surface area contributed by atoms with Crippen LogP contribution in [0.25, 0.3) is 0 Å². The van der Waals surface area contributed by atoms with Crippen LogP contribution in [0.4, 0.5) is 0 Å². The second-order valence-electron chi connectivity index (χ2n) is 1.55. The van der Waals surface area contributed by atoms with Crippen molar-refractivity contribution in [2.45, 2.75) is 31.5 Å². The van der Waals surface area contributed by atoms with Gasteiger partial charge in [-0.05, 0) is 6.42 Å². The summed E-state index contributed by atoms with van der Waals surface area (Å²) in [4.78, 5) is 9.20. The molecule has 0 radical (unpaired) electrons. The van der Waals surface area contributed by atoms with Crippen LogP contribution in [0.2, 0.25) is 0 Å². The van der Waals surface area contributed by atoms with Crippen LogP contribution in [0.1, 0.15) is 26.7 Å². The summed E-state index contributed by atoms with van der Waals surface area (Å²) in [5.41, 5.74) is 0. The minimum absolute atomic E-state index is 0.171. The molecule has 0 rings (SSSR count). The maximum Gasteiger partial charge on any atom is 0.303 e. The smallest absolute Gasteiger partial charge is 0.303 e. The molecule has 0 atom stereocenters. The zero-order chi connectivity index (χ0) is 8.57. The highest BCUT2D eigenvalue weighted by atomic mass is 35.5. The van der Waals surface area contributed by atoms with Gasteiger partial charge >= 0.3 is 5.97 Å². The quantitative estimate of drug-likeness (QED) is 0.674. The summed E-state index contributed by atoms with van der Waals surface area (Å²) in [5, 5.41) is 7.72. The van der Waals surface area contributed by atoms with Crippen LogP contribution in [0.15, 0.2) is 0 Å².